The summed E-state index contributed by atoms with van der Waals surface area (Å²) in [6, 6.07) is 7.83. The molecule has 0 radical (unpaired) electrons. The Kier molecular flexibility index (Phi) is 7.47. The number of hydrogen-bond donors (Lipinski definition) is 1. The van der Waals surface area contributed by atoms with Crippen LogP contribution in [0.2, 0.25) is 0 Å². The molecule has 5 rings (SSSR count). The lowest BCUT2D eigenvalue weighted by atomic mass is 9.91. The van der Waals surface area contributed by atoms with Crippen molar-refractivity contribution in [2.24, 2.45) is 0 Å². The van der Waals surface area contributed by atoms with E-state index in [0.29, 0.717) is 23.5 Å². The fraction of sp³-hybridized carbons (Fsp3) is 0.552. The summed E-state index contributed by atoms with van der Waals surface area (Å²) >= 11 is 0. The van der Waals surface area contributed by atoms with Crippen LogP contribution in [0.5, 0.6) is 0 Å². The zero-order valence-electron chi connectivity index (χ0n) is 23.8. The highest BCUT2D eigenvalue weighted by Gasteiger charge is 2.44. The molecule has 220 valence electrons. The molecule has 0 unspecified atom stereocenters. The van der Waals surface area contributed by atoms with Crippen molar-refractivity contribution < 1.29 is 28.3 Å². The highest BCUT2D eigenvalue weighted by molar-refractivity contribution is 5.98. The molecule has 1 fully saturated rings. The molecule has 0 aliphatic carbocycles. The fourth-order valence-electron chi connectivity index (χ4n) is 6.19. The second-order valence-electron chi connectivity index (χ2n) is 12.0. The molecule has 4 heterocycles. The number of nitrogens with zero attached hydrogens (tertiary/aromatic N) is 6. The summed E-state index contributed by atoms with van der Waals surface area (Å²) in [4.78, 5) is 45.3. The van der Waals surface area contributed by atoms with E-state index in [0.717, 1.165) is 5.56 Å². The van der Waals surface area contributed by atoms with Gasteiger partial charge in [-0.1, -0.05) is 45.4 Å². The third-order valence-corrected chi connectivity index (χ3v) is 8.36. The van der Waals surface area contributed by atoms with Crippen LogP contribution in [-0.4, -0.2) is 92.7 Å². The highest BCUT2D eigenvalue weighted by Crippen LogP contribution is 2.42. The Hall–Kier alpha value is -3.67. The van der Waals surface area contributed by atoms with Gasteiger partial charge in [0.15, 0.2) is 0 Å². The number of hydrogen-bond acceptors (Lipinski definition) is 6. The zero-order chi connectivity index (χ0) is 29.7. The van der Waals surface area contributed by atoms with Crippen LogP contribution in [0.15, 0.2) is 30.3 Å². The number of amides is 3. The first kappa shape index (κ1) is 28.8. The number of anilines is 1. The summed E-state index contributed by atoms with van der Waals surface area (Å²) in [5.41, 5.74) is 1.32. The molecule has 10 nitrogen and oxygen atoms in total. The summed E-state index contributed by atoms with van der Waals surface area (Å²) < 4.78 is 29.5. The van der Waals surface area contributed by atoms with Gasteiger partial charge in [0.05, 0.1) is 17.9 Å². The van der Waals surface area contributed by atoms with Crippen LogP contribution in [0.4, 0.5) is 19.3 Å². The Balaban J connectivity index is 1.39. The van der Waals surface area contributed by atoms with Crippen LogP contribution >= 0.6 is 0 Å². The van der Waals surface area contributed by atoms with E-state index in [1.54, 1.807) is 24.8 Å². The van der Waals surface area contributed by atoms with Crippen molar-refractivity contribution in [3.63, 3.8) is 0 Å². The normalized spacial score (nSPS) is 22.2. The number of alkyl halides is 2. The van der Waals surface area contributed by atoms with Gasteiger partial charge in [-0.3, -0.25) is 14.5 Å². The molecule has 0 saturated carbocycles. The maximum Gasteiger partial charge on any atom is 0.407 e. The number of rotatable bonds is 7. The monoisotopic (exact) mass is 570 g/mol. The van der Waals surface area contributed by atoms with Gasteiger partial charge in [0.25, 0.3) is 11.8 Å². The topological polar surface area (TPSA) is 110 Å². The van der Waals surface area contributed by atoms with E-state index in [9.17, 15) is 28.3 Å². The van der Waals surface area contributed by atoms with Gasteiger partial charge in [0.2, 0.25) is 5.91 Å². The Morgan fingerprint density at radius 3 is 2.59 bits per heavy atom. The van der Waals surface area contributed by atoms with Crippen molar-refractivity contribution in [1.82, 2.24) is 24.9 Å². The molecule has 2 atom stereocenters. The Labute approximate surface area is 237 Å². The predicted molar refractivity (Wildman–Crippen MR) is 147 cm³/mol. The van der Waals surface area contributed by atoms with Gasteiger partial charge in [0, 0.05) is 62.2 Å². The first-order valence-electron chi connectivity index (χ1n) is 14.0. The zero-order valence-corrected chi connectivity index (χ0v) is 23.8. The number of carbonyl (C=O) groups is 3. The number of aromatic nitrogens is 2. The molecule has 0 bridgehead atoms. The lowest BCUT2D eigenvalue weighted by Gasteiger charge is -2.45. The first-order chi connectivity index (χ1) is 19.3. The van der Waals surface area contributed by atoms with E-state index < -0.39 is 29.2 Å². The molecular formula is C29H36F2N6O4. The average molecular weight is 571 g/mol. The molecule has 3 aliphatic rings. The van der Waals surface area contributed by atoms with E-state index in [2.05, 4.69) is 10.2 Å². The molecule has 1 aromatic heterocycles. The number of halogens is 2. The standard InChI is InChI=1S/C29H36F2N6O4/c1-5-10-29(30,31)23-11-22-25(33-32-23)28(3,4)17-37(22)24(38)16-34-12-18(2)36(27(40)41)15-20(34)14-35-13-19-8-6-7-9-21(19)26(35)39/h6-9,11,18,20H,5,10,12-17H2,1-4H3,(H,40,41)/t18-,20+/m1/s1. The van der Waals surface area contributed by atoms with Gasteiger partial charge in [-0.15, -0.1) is 5.10 Å². The van der Waals surface area contributed by atoms with E-state index in [1.807, 2.05) is 36.9 Å². The molecule has 3 amide bonds. The maximum atomic E-state index is 14.7. The number of fused-ring (bicyclic) bond motifs is 2. The molecule has 0 spiro atoms. The van der Waals surface area contributed by atoms with Gasteiger partial charge < -0.3 is 19.8 Å². The molecule has 1 aromatic carbocycles. The van der Waals surface area contributed by atoms with E-state index in [1.165, 1.54) is 15.9 Å². The van der Waals surface area contributed by atoms with Crippen LogP contribution in [0, 0.1) is 0 Å². The van der Waals surface area contributed by atoms with Crippen LogP contribution in [0.3, 0.4) is 0 Å². The van der Waals surface area contributed by atoms with E-state index in [4.69, 9.17) is 0 Å². The first-order valence-corrected chi connectivity index (χ1v) is 14.0. The summed E-state index contributed by atoms with van der Waals surface area (Å²) in [5, 5.41) is 17.8. The van der Waals surface area contributed by atoms with E-state index in [-0.39, 0.29) is 63.4 Å². The smallest absolute Gasteiger partial charge is 0.407 e. The van der Waals surface area contributed by atoms with Crippen LogP contribution in [0.1, 0.15) is 67.8 Å². The van der Waals surface area contributed by atoms with Crippen LogP contribution in [-0.2, 0) is 22.7 Å². The largest absolute Gasteiger partial charge is 0.465 e. The SMILES string of the molecule is CCCC(F)(F)c1cc2c(nn1)C(C)(C)CN2C(=O)CN1C[C@@H](C)N(C(=O)O)C[C@@H]1CN1Cc2ccccc2C1=O. The van der Waals surface area contributed by atoms with Gasteiger partial charge in [0.1, 0.15) is 5.69 Å². The molecule has 41 heavy (non-hydrogen) atoms. The summed E-state index contributed by atoms with van der Waals surface area (Å²) in [6.07, 6.45) is -1.16. The summed E-state index contributed by atoms with van der Waals surface area (Å²) in [5.74, 6) is -3.58. The summed E-state index contributed by atoms with van der Waals surface area (Å²) in [7, 11) is 0. The molecule has 12 heteroatoms. The van der Waals surface area contributed by atoms with Crippen molar-refractivity contribution in [2.75, 3.05) is 37.6 Å². The third-order valence-electron chi connectivity index (χ3n) is 8.36. The van der Waals surface area contributed by atoms with Gasteiger partial charge in [-0.25, -0.2) is 4.79 Å². The number of piperazine rings is 1. The van der Waals surface area contributed by atoms with Crippen molar-refractivity contribution in [3.8, 4) is 0 Å². The maximum absolute atomic E-state index is 14.7. The number of carbonyl (C=O) groups excluding carboxylic acids is 2. The Morgan fingerprint density at radius 2 is 1.90 bits per heavy atom. The van der Waals surface area contributed by atoms with Crippen molar-refractivity contribution in [2.45, 2.75) is 70.5 Å². The molecule has 1 N–H and O–H groups in total. The fourth-order valence-corrected chi connectivity index (χ4v) is 6.19. The van der Waals surface area contributed by atoms with Crippen molar-refractivity contribution >= 4 is 23.6 Å². The van der Waals surface area contributed by atoms with Gasteiger partial charge in [-0.05, 0) is 24.6 Å². The van der Waals surface area contributed by atoms with Crippen molar-refractivity contribution in [3.05, 3.63) is 52.8 Å². The van der Waals surface area contributed by atoms with Crippen LogP contribution < -0.4 is 4.90 Å². The Morgan fingerprint density at radius 1 is 1.17 bits per heavy atom. The van der Waals surface area contributed by atoms with E-state index >= 15 is 0 Å². The van der Waals surface area contributed by atoms with Crippen LogP contribution in [0.25, 0.3) is 0 Å². The predicted octanol–water partition coefficient (Wildman–Crippen LogP) is 3.70. The molecular weight excluding hydrogens is 534 g/mol. The number of carboxylic acid groups (broad SMARTS) is 1. The minimum Gasteiger partial charge on any atom is -0.465 e. The minimum absolute atomic E-state index is 0.0595. The van der Waals surface area contributed by atoms with Crippen molar-refractivity contribution in [1.29, 1.82) is 0 Å². The third kappa shape index (κ3) is 5.37. The quantitative estimate of drug-likeness (QED) is 0.541. The number of benzene rings is 1. The molecule has 3 aliphatic heterocycles. The average Bonchev–Trinajstić information content (AvgIpc) is 3.37. The minimum atomic E-state index is -3.16. The Bertz CT molecular complexity index is 1370. The second kappa shape index (κ2) is 10.6. The lowest BCUT2D eigenvalue weighted by Crippen LogP contribution is -2.63. The summed E-state index contributed by atoms with van der Waals surface area (Å²) in [6.45, 7) is 8.52. The molecule has 2 aromatic rings. The molecule has 1 saturated heterocycles. The lowest BCUT2D eigenvalue weighted by molar-refractivity contribution is -0.121. The van der Waals surface area contributed by atoms with Gasteiger partial charge in [-0.2, -0.15) is 13.9 Å². The highest BCUT2D eigenvalue weighted by atomic mass is 19.3. The van der Waals surface area contributed by atoms with Gasteiger partial charge >= 0.3 is 6.09 Å². The second-order valence-corrected chi connectivity index (χ2v) is 12.0.